The summed E-state index contributed by atoms with van der Waals surface area (Å²) in [5.74, 6) is 0. The van der Waals surface area contributed by atoms with Crippen molar-refractivity contribution in [3.8, 4) is 0 Å². The van der Waals surface area contributed by atoms with Gasteiger partial charge in [-0.15, -0.1) is 0 Å². The summed E-state index contributed by atoms with van der Waals surface area (Å²) in [6, 6.07) is 0. The van der Waals surface area contributed by atoms with Gasteiger partial charge in [0.15, 0.2) is 0 Å². The van der Waals surface area contributed by atoms with E-state index in [-0.39, 0.29) is 32.0 Å². The number of aliphatic hydroxyl groups excluding tert-OH is 1. The van der Waals surface area contributed by atoms with Crippen molar-refractivity contribution in [1.29, 1.82) is 0 Å². The van der Waals surface area contributed by atoms with Crippen LogP contribution in [0.1, 0.15) is 28.5 Å². The molecule has 0 aromatic carbocycles. The van der Waals surface area contributed by atoms with Gasteiger partial charge in [0.25, 0.3) is 0 Å². The standard InChI is InChI=1S/C5H10O.Mg.2H/c6-5-3-1-2-4-5;;;/h5-6H,1-4H2;;;/q;+2;2*-1. The second kappa shape index (κ2) is 3.69. The van der Waals surface area contributed by atoms with Crippen LogP contribution in [0.25, 0.3) is 0 Å². The van der Waals surface area contributed by atoms with Crippen LogP contribution in [0.5, 0.6) is 0 Å². The third kappa shape index (κ3) is 2.52. The van der Waals surface area contributed by atoms with Gasteiger partial charge in [0.05, 0.1) is 6.10 Å². The average Bonchev–Trinajstić information content (AvgIpc) is 1.86. The molecule has 7 heavy (non-hydrogen) atoms. The Hall–Kier alpha value is 0.726. The summed E-state index contributed by atoms with van der Waals surface area (Å²) < 4.78 is 0. The Bertz CT molecular complexity index is 48.2. The molecule has 0 aromatic rings. The zero-order valence-electron chi connectivity index (χ0n) is 6.56. The Labute approximate surface area is 63.2 Å². The van der Waals surface area contributed by atoms with Gasteiger partial charge < -0.3 is 7.96 Å². The molecule has 0 bridgehead atoms. The van der Waals surface area contributed by atoms with Crippen LogP contribution in [0.2, 0.25) is 0 Å². The van der Waals surface area contributed by atoms with Gasteiger partial charge in [-0.05, 0) is 12.8 Å². The van der Waals surface area contributed by atoms with Crippen molar-refractivity contribution in [3.05, 3.63) is 0 Å². The summed E-state index contributed by atoms with van der Waals surface area (Å²) in [5, 5.41) is 8.73. The Morgan fingerprint density at radius 3 is 1.86 bits per heavy atom. The fourth-order valence-corrected chi connectivity index (χ4v) is 0.904. The maximum atomic E-state index is 8.73. The van der Waals surface area contributed by atoms with Crippen LogP contribution in [0.4, 0.5) is 0 Å². The summed E-state index contributed by atoms with van der Waals surface area (Å²) in [4.78, 5) is 0. The van der Waals surface area contributed by atoms with Crippen molar-refractivity contribution in [2.45, 2.75) is 31.8 Å². The van der Waals surface area contributed by atoms with Crippen LogP contribution >= 0.6 is 0 Å². The molecule has 1 saturated carbocycles. The molecule has 1 rings (SSSR count). The molecule has 0 radical (unpaired) electrons. The first-order chi connectivity index (χ1) is 2.89. The summed E-state index contributed by atoms with van der Waals surface area (Å²) >= 11 is 0. The molecule has 0 spiro atoms. The first-order valence-corrected chi connectivity index (χ1v) is 2.57. The first kappa shape index (κ1) is 7.73. The quantitative estimate of drug-likeness (QED) is 0.459. The monoisotopic (exact) mass is 112 g/mol. The fraction of sp³-hybridized carbons (Fsp3) is 1.00. The van der Waals surface area contributed by atoms with E-state index >= 15 is 0 Å². The molecule has 2 heteroatoms. The number of hydrogen-bond acceptors (Lipinski definition) is 1. The van der Waals surface area contributed by atoms with Crippen molar-refractivity contribution in [2.75, 3.05) is 0 Å². The van der Waals surface area contributed by atoms with Gasteiger partial charge >= 0.3 is 23.1 Å². The minimum atomic E-state index is 0. The zero-order valence-corrected chi connectivity index (χ0v) is 5.97. The molecule has 1 aliphatic rings. The molecule has 1 nitrogen and oxygen atoms in total. The van der Waals surface area contributed by atoms with E-state index in [0.29, 0.717) is 0 Å². The maximum absolute atomic E-state index is 8.73. The predicted molar refractivity (Wildman–Crippen MR) is 32.5 cm³/mol. The normalized spacial score (nSPS) is 21.9. The molecule has 1 aliphatic carbocycles. The van der Waals surface area contributed by atoms with Gasteiger partial charge in [-0.2, -0.15) is 0 Å². The largest absolute Gasteiger partial charge is 2.00 e. The van der Waals surface area contributed by atoms with Crippen LogP contribution in [0, 0.1) is 0 Å². The molecule has 0 saturated heterocycles. The third-order valence-corrected chi connectivity index (χ3v) is 1.32. The number of rotatable bonds is 0. The summed E-state index contributed by atoms with van der Waals surface area (Å²) in [6.45, 7) is 0. The summed E-state index contributed by atoms with van der Waals surface area (Å²) in [6.07, 6.45) is 4.60. The van der Waals surface area contributed by atoms with E-state index in [1.165, 1.54) is 12.8 Å². The van der Waals surface area contributed by atoms with Crippen LogP contribution in [0.15, 0.2) is 0 Å². The smallest absolute Gasteiger partial charge is 1.00 e. The van der Waals surface area contributed by atoms with E-state index in [4.69, 9.17) is 5.11 Å². The van der Waals surface area contributed by atoms with Crippen molar-refractivity contribution < 1.29 is 7.96 Å². The van der Waals surface area contributed by atoms with Gasteiger partial charge in [0.2, 0.25) is 0 Å². The van der Waals surface area contributed by atoms with Gasteiger partial charge in [-0.1, -0.05) is 12.8 Å². The maximum Gasteiger partial charge on any atom is 2.00 e. The van der Waals surface area contributed by atoms with Crippen LogP contribution in [-0.4, -0.2) is 34.3 Å². The summed E-state index contributed by atoms with van der Waals surface area (Å²) in [5.41, 5.74) is 0. The number of hydrogen-bond donors (Lipinski definition) is 1. The van der Waals surface area contributed by atoms with Crippen molar-refractivity contribution in [2.24, 2.45) is 0 Å². The number of aliphatic hydroxyl groups is 1. The fourth-order valence-electron chi connectivity index (χ4n) is 0.904. The Morgan fingerprint density at radius 1 is 1.29 bits per heavy atom. The van der Waals surface area contributed by atoms with E-state index in [9.17, 15) is 0 Å². The van der Waals surface area contributed by atoms with Crippen molar-refractivity contribution >= 4 is 23.1 Å². The van der Waals surface area contributed by atoms with Gasteiger partial charge in [-0.3, -0.25) is 0 Å². The molecular formula is C5H12MgO. The topological polar surface area (TPSA) is 20.2 Å². The van der Waals surface area contributed by atoms with Gasteiger partial charge in [0.1, 0.15) is 0 Å². The Morgan fingerprint density at radius 2 is 1.71 bits per heavy atom. The van der Waals surface area contributed by atoms with E-state index in [2.05, 4.69) is 0 Å². The molecule has 0 unspecified atom stereocenters. The van der Waals surface area contributed by atoms with Crippen molar-refractivity contribution in [3.63, 3.8) is 0 Å². The Kier molecular flexibility index (Phi) is 4.08. The molecular weight excluding hydrogens is 100 g/mol. The molecule has 1 fully saturated rings. The summed E-state index contributed by atoms with van der Waals surface area (Å²) in [7, 11) is 0. The van der Waals surface area contributed by atoms with Crippen molar-refractivity contribution in [1.82, 2.24) is 0 Å². The van der Waals surface area contributed by atoms with Gasteiger partial charge in [0, 0.05) is 0 Å². The predicted octanol–water partition coefficient (Wildman–Crippen LogP) is 0.765. The zero-order chi connectivity index (χ0) is 4.41. The third-order valence-electron chi connectivity index (χ3n) is 1.32. The van der Waals surface area contributed by atoms with Crippen LogP contribution < -0.4 is 0 Å². The Balaban J connectivity index is -0.000000120. The van der Waals surface area contributed by atoms with E-state index in [1.54, 1.807) is 0 Å². The van der Waals surface area contributed by atoms with Crippen LogP contribution in [-0.2, 0) is 0 Å². The molecule has 0 aliphatic heterocycles. The minimum Gasteiger partial charge on any atom is -1.00 e. The molecule has 0 heterocycles. The van der Waals surface area contributed by atoms with E-state index in [0.717, 1.165) is 12.8 Å². The second-order valence-electron chi connectivity index (χ2n) is 1.94. The SMILES string of the molecule is OC1CCCC1.[H-].[H-].[Mg+2]. The van der Waals surface area contributed by atoms with Gasteiger partial charge in [-0.25, -0.2) is 0 Å². The second-order valence-corrected chi connectivity index (χ2v) is 1.94. The van der Waals surface area contributed by atoms with E-state index in [1.807, 2.05) is 0 Å². The average molecular weight is 112 g/mol. The molecule has 1 N–H and O–H groups in total. The molecule has 0 amide bonds. The minimum absolute atomic E-state index is 0. The molecule has 0 aromatic heterocycles. The first-order valence-electron chi connectivity index (χ1n) is 2.57. The van der Waals surface area contributed by atoms with Crippen LogP contribution in [0.3, 0.4) is 0 Å². The molecule has 0 atom stereocenters. The van der Waals surface area contributed by atoms with E-state index < -0.39 is 0 Å². The molecule has 40 valence electrons.